The van der Waals surface area contributed by atoms with Crippen LogP contribution < -0.4 is 16.4 Å². The van der Waals surface area contributed by atoms with Crippen LogP contribution in [0.2, 0.25) is 0 Å². The molecule has 0 radical (unpaired) electrons. The molecule has 218 valence electrons. The van der Waals surface area contributed by atoms with E-state index in [4.69, 9.17) is 5.73 Å². The van der Waals surface area contributed by atoms with E-state index in [1.165, 1.54) is 37.2 Å². The van der Waals surface area contributed by atoms with Gasteiger partial charge in [-0.1, -0.05) is 0 Å². The fourth-order valence-electron chi connectivity index (χ4n) is 4.13. The van der Waals surface area contributed by atoms with Crippen LogP contribution in [0.4, 0.5) is 27.4 Å². The van der Waals surface area contributed by atoms with Crippen LogP contribution in [0.1, 0.15) is 12.1 Å². The molecule has 14 nitrogen and oxygen atoms in total. The Bertz CT molecular complexity index is 1690. The SMILES string of the molecule is C[N+](C)(C/C=C/C(=O)Nc1cncc2ncnc(Nc3ccc(F)c(Br)c3)c12)Cc1c([N+](=O)[O-])ncn1CCC(N)=O. The van der Waals surface area contributed by atoms with Crippen molar-refractivity contribution in [3.63, 3.8) is 0 Å². The van der Waals surface area contributed by atoms with Crippen LogP contribution >= 0.6 is 15.9 Å². The summed E-state index contributed by atoms with van der Waals surface area (Å²) in [7, 11) is 3.68. The van der Waals surface area contributed by atoms with Crippen molar-refractivity contribution in [1.29, 1.82) is 0 Å². The minimum Gasteiger partial charge on any atom is -0.370 e. The number of aryl methyl sites for hydroxylation is 1. The Morgan fingerprint density at radius 1 is 1.24 bits per heavy atom. The van der Waals surface area contributed by atoms with Gasteiger partial charge in [-0.25, -0.2) is 14.4 Å². The molecule has 1 aromatic carbocycles. The molecule has 0 fully saturated rings. The number of halogens is 2. The Balaban J connectivity index is 1.48. The first-order chi connectivity index (χ1) is 19.9. The van der Waals surface area contributed by atoms with E-state index >= 15 is 0 Å². The number of anilines is 3. The maximum Gasteiger partial charge on any atom is 0.390 e. The van der Waals surface area contributed by atoms with Gasteiger partial charge in [-0.2, -0.15) is 0 Å². The summed E-state index contributed by atoms with van der Waals surface area (Å²) >= 11 is 3.16. The number of nitrogens with two attached hydrogens (primary N) is 1. The molecule has 0 aliphatic heterocycles. The largest absolute Gasteiger partial charge is 0.390 e. The molecule has 0 saturated carbocycles. The van der Waals surface area contributed by atoms with Gasteiger partial charge in [0.05, 0.1) is 54.1 Å². The zero-order chi connectivity index (χ0) is 30.4. The van der Waals surface area contributed by atoms with Crippen molar-refractivity contribution in [3.05, 3.63) is 81.5 Å². The van der Waals surface area contributed by atoms with Crippen LogP contribution in [0.25, 0.3) is 10.9 Å². The van der Waals surface area contributed by atoms with Crippen molar-refractivity contribution >= 4 is 61.7 Å². The third-order valence-corrected chi connectivity index (χ3v) is 6.74. The number of pyridine rings is 1. The van der Waals surface area contributed by atoms with E-state index in [0.29, 0.717) is 40.3 Å². The zero-order valence-electron chi connectivity index (χ0n) is 22.6. The number of likely N-dealkylation sites (N-methyl/N-ethyl adjacent to an activating group) is 1. The van der Waals surface area contributed by atoms with Crippen molar-refractivity contribution < 1.29 is 23.4 Å². The van der Waals surface area contributed by atoms with Crippen LogP contribution in [-0.2, 0) is 22.7 Å². The van der Waals surface area contributed by atoms with Crippen LogP contribution in [0, 0.1) is 15.9 Å². The summed E-state index contributed by atoms with van der Waals surface area (Å²) in [4.78, 5) is 51.6. The van der Waals surface area contributed by atoms with Gasteiger partial charge in [-0.3, -0.25) is 14.6 Å². The van der Waals surface area contributed by atoms with Crippen molar-refractivity contribution in [3.8, 4) is 0 Å². The molecule has 0 atom stereocenters. The number of nitrogens with zero attached hydrogens (tertiary/aromatic N) is 7. The molecular weight excluding hydrogens is 615 g/mol. The summed E-state index contributed by atoms with van der Waals surface area (Å²) in [5.41, 5.74) is 6.97. The maximum absolute atomic E-state index is 13.7. The summed E-state index contributed by atoms with van der Waals surface area (Å²) in [5, 5.41) is 17.9. The lowest BCUT2D eigenvalue weighted by Crippen LogP contribution is -2.39. The van der Waals surface area contributed by atoms with E-state index in [-0.39, 0.29) is 34.3 Å². The number of benzene rings is 1. The Morgan fingerprint density at radius 3 is 2.74 bits per heavy atom. The maximum atomic E-state index is 13.7. The van der Waals surface area contributed by atoms with E-state index in [2.05, 4.69) is 46.5 Å². The fourth-order valence-corrected chi connectivity index (χ4v) is 4.51. The highest BCUT2D eigenvalue weighted by atomic mass is 79.9. The first-order valence-electron chi connectivity index (χ1n) is 12.5. The number of primary amides is 1. The number of quaternary nitrogens is 1. The van der Waals surface area contributed by atoms with Gasteiger partial charge in [-0.05, 0) is 50.1 Å². The molecule has 42 heavy (non-hydrogen) atoms. The third kappa shape index (κ3) is 7.46. The first kappa shape index (κ1) is 30.1. The molecule has 3 heterocycles. The Kier molecular flexibility index (Phi) is 9.17. The van der Waals surface area contributed by atoms with Crippen molar-refractivity contribution in [2.75, 3.05) is 31.3 Å². The summed E-state index contributed by atoms with van der Waals surface area (Å²) in [6, 6.07) is 4.41. The van der Waals surface area contributed by atoms with E-state index < -0.39 is 22.6 Å². The topological polar surface area (TPSA) is 184 Å². The van der Waals surface area contributed by atoms with Gasteiger partial charge in [-0.15, -0.1) is 0 Å². The number of fused-ring (bicyclic) bond motifs is 1. The number of amides is 2. The van der Waals surface area contributed by atoms with Crippen LogP contribution in [0.5, 0.6) is 0 Å². The molecule has 0 aliphatic rings. The van der Waals surface area contributed by atoms with E-state index in [1.807, 2.05) is 14.1 Å². The minimum absolute atomic E-state index is 0.0146. The number of hydrogen-bond donors (Lipinski definition) is 3. The first-order valence-corrected chi connectivity index (χ1v) is 13.3. The van der Waals surface area contributed by atoms with Gasteiger partial charge in [0.2, 0.25) is 18.1 Å². The second-order valence-electron chi connectivity index (χ2n) is 9.91. The Morgan fingerprint density at radius 2 is 2.02 bits per heavy atom. The number of rotatable bonds is 12. The van der Waals surface area contributed by atoms with Crippen molar-refractivity contribution in [2.45, 2.75) is 19.5 Å². The quantitative estimate of drug-likeness (QED) is 0.0902. The highest BCUT2D eigenvalue weighted by Gasteiger charge is 2.28. The zero-order valence-corrected chi connectivity index (χ0v) is 24.2. The molecule has 0 bridgehead atoms. The molecule has 2 amide bonds. The fraction of sp³-hybridized carbons (Fsp3) is 0.231. The predicted molar refractivity (Wildman–Crippen MR) is 156 cm³/mol. The van der Waals surface area contributed by atoms with Crippen molar-refractivity contribution in [2.24, 2.45) is 5.73 Å². The van der Waals surface area contributed by atoms with E-state index in [9.17, 15) is 24.1 Å². The second-order valence-corrected chi connectivity index (χ2v) is 10.8. The Labute approximate surface area is 247 Å². The van der Waals surface area contributed by atoms with E-state index in [1.54, 1.807) is 22.8 Å². The average molecular weight is 642 g/mol. The van der Waals surface area contributed by atoms with Crippen LogP contribution in [-0.4, -0.2) is 66.4 Å². The second kappa shape index (κ2) is 12.8. The van der Waals surface area contributed by atoms with Crippen LogP contribution in [0.15, 0.2) is 59.9 Å². The highest BCUT2D eigenvalue weighted by molar-refractivity contribution is 9.10. The normalized spacial score (nSPS) is 11.6. The van der Waals surface area contributed by atoms with Gasteiger partial charge in [0.1, 0.15) is 24.5 Å². The van der Waals surface area contributed by atoms with Gasteiger partial charge >= 0.3 is 5.82 Å². The van der Waals surface area contributed by atoms with Gasteiger partial charge in [0.15, 0.2) is 5.69 Å². The number of imidazole rings is 1. The lowest BCUT2D eigenvalue weighted by atomic mass is 10.2. The number of aromatic nitrogens is 5. The molecule has 4 aromatic rings. The molecule has 0 spiro atoms. The van der Waals surface area contributed by atoms with Gasteiger partial charge in [0.25, 0.3) is 0 Å². The summed E-state index contributed by atoms with van der Waals surface area (Å²) < 4.78 is 15.8. The number of hydrogen-bond acceptors (Lipinski definition) is 9. The number of nitrogens with one attached hydrogen (secondary N) is 2. The highest BCUT2D eigenvalue weighted by Crippen LogP contribution is 2.30. The smallest absolute Gasteiger partial charge is 0.370 e. The Hall–Kier alpha value is -4.83. The molecular formula is C26H27BrFN10O4+. The predicted octanol–water partition coefficient (Wildman–Crippen LogP) is 3.42. The molecule has 4 rings (SSSR count). The average Bonchev–Trinajstić information content (AvgIpc) is 3.31. The summed E-state index contributed by atoms with van der Waals surface area (Å²) in [6.45, 7) is 0.719. The monoisotopic (exact) mass is 641 g/mol. The van der Waals surface area contributed by atoms with Gasteiger partial charge in [0, 0.05) is 24.7 Å². The minimum atomic E-state index is -0.570. The molecule has 0 unspecified atom stereocenters. The van der Waals surface area contributed by atoms with Crippen molar-refractivity contribution in [1.82, 2.24) is 24.5 Å². The number of nitro groups is 1. The molecule has 3 aromatic heterocycles. The molecule has 4 N–H and O–H groups in total. The molecule has 0 aliphatic carbocycles. The van der Waals surface area contributed by atoms with Crippen LogP contribution in [0.3, 0.4) is 0 Å². The summed E-state index contributed by atoms with van der Waals surface area (Å²) in [6.07, 6.45) is 8.68. The standard InChI is InChI=1S/C26H26BrFN10O4/c1-38(2,13-21-26(37(41)42)33-15-36(21)8-7-22(29)39)9-3-4-23(40)35-20-12-30-11-19-24(20)25(32-14-31-19)34-16-5-6-18(28)17(27)10-16/h3-6,10-12,14-15H,7-9,13H2,1-2H3,(H3-,29,31,32,34,35,39,40)/p+1/b4-3+. The lowest BCUT2D eigenvalue weighted by molar-refractivity contribution is -0.898. The summed E-state index contributed by atoms with van der Waals surface area (Å²) in [5.74, 6) is -1.30. The van der Waals surface area contributed by atoms with Gasteiger partial charge < -0.3 is 35.5 Å². The molecule has 0 saturated heterocycles. The number of carbonyl (C=O) groups is 2. The number of carbonyl (C=O) groups excluding carboxylic acids is 2. The lowest BCUT2D eigenvalue weighted by Gasteiger charge is -2.28. The third-order valence-electron chi connectivity index (χ3n) is 6.13. The van der Waals surface area contributed by atoms with E-state index in [0.717, 1.165) is 0 Å². The molecule has 16 heteroatoms.